The zero-order valence-corrected chi connectivity index (χ0v) is 7.82. The van der Waals surface area contributed by atoms with Gasteiger partial charge in [-0.05, 0) is 12.8 Å². The summed E-state index contributed by atoms with van der Waals surface area (Å²) in [7, 11) is 1.97. The predicted molar refractivity (Wildman–Crippen MR) is 50.8 cm³/mol. The summed E-state index contributed by atoms with van der Waals surface area (Å²) in [6.45, 7) is 0.768. The second kappa shape index (κ2) is 3.38. The third-order valence-electron chi connectivity index (χ3n) is 2.38. The monoisotopic (exact) mass is 181 g/mol. The van der Waals surface area contributed by atoms with E-state index in [0.717, 1.165) is 5.69 Å². The zero-order chi connectivity index (χ0) is 9.26. The van der Waals surface area contributed by atoms with E-state index in [-0.39, 0.29) is 6.61 Å². The number of nitrogens with zero attached hydrogens (tertiary/aromatic N) is 2. The van der Waals surface area contributed by atoms with Crippen LogP contribution in [0.5, 0.6) is 0 Å². The normalized spacial score (nSPS) is 16.2. The molecular formula is C9H15N3O. The number of nitrogens with one attached hydrogen (secondary N) is 1. The minimum atomic E-state index is 0.166. The van der Waals surface area contributed by atoms with E-state index in [9.17, 15) is 0 Å². The van der Waals surface area contributed by atoms with Gasteiger partial charge in [-0.25, -0.2) is 0 Å². The second-order valence-corrected chi connectivity index (χ2v) is 3.49. The highest BCUT2D eigenvalue weighted by Gasteiger charge is 2.29. The minimum absolute atomic E-state index is 0.166. The second-order valence-electron chi connectivity index (χ2n) is 3.49. The fraction of sp³-hybridized carbons (Fsp3) is 0.667. The molecule has 13 heavy (non-hydrogen) atoms. The van der Waals surface area contributed by atoms with Crippen LogP contribution in [0.2, 0.25) is 0 Å². The van der Waals surface area contributed by atoms with Crippen LogP contribution < -0.4 is 5.32 Å². The Bertz CT molecular complexity index is 291. The Hall–Kier alpha value is -1.03. The Balaban J connectivity index is 2.13. The van der Waals surface area contributed by atoms with Crippen LogP contribution in [0, 0.1) is 0 Å². The standard InChI is InChI=1S/C9H15N3O/c1-12-9(7-2-3-7)8(6-11-12)10-4-5-13/h6-7,10,13H,2-5H2,1H3. The number of anilines is 1. The quantitative estimate of drug-likeness (QED) is 0.719. The average molecular weight is 181 g/mol. The van der Waals surface area contributed by atoms with Gasteiger partial charge in [0.15, 0.2) is 0 Å². The van der Waals surface area contributed by atoms with E-state index < -0.39 is 0 Å². The van der Waals surface area contributed by atoms with Crippen molar-refractivity contribution in [2.45, 2.75) is 18.8 Å². The molecule has 1 aliphatic rings. The molecule has 0 aliphatic heterocycles. The first-order chi connectivity index (χ1) is 6.33. The van der Waals surface area contributed by atoms with Gasteiger partial charge in [-0.15, -0.1) is 0 Å². The molecule has 1 aromatic heterocycles. The van der Waals surface area contributed by atoms with E-state index in [1.807, 2.05) is 17.9 Å². The number of hydrogen-bond donors (Lipinski definition) is 2. The molecule has 0 spiro atoms. The molecule has 4 heteroatoms. The molecule has 1 fully saturated rings. The van der Waals surface area contributed by atoms with Crippen LogP contribution in [0.1, 0.15) is 24.5 Å². The maximum atomic E-state index is 8.69. The molecule has 2 N–H and O–H groups in total. The highest BCUT2D eigenvalue weighted by atomic mass is 16.3. The van der Waals surface area contributed by atoms with Gasteiger partial charge in [0.05, 0.1) is 24.2 Å². The Morgan fingerprint density at radius 2 is 2.46 bits per heavy atom. The summed E-state index contributed by atoms with van der Waals surface area (Å²) in [6.07, 6.45) is 4.38. The SMILES string of the molecule is Cn1ncc(NCCO)c1C1CC1. The molecular weight excluding hydrogens is 166 g/mol. The lowest BCUT2D eigenvalue weighted by atomic mass is 10.2. The maximum Gasteiger partial charge on any atom is 0.0762 e. The fourth-order valence-electron chi connectivity index (χ4n) is 1.61. The Labute approximate surface area is 77.6 Å². The number of aromatic nitrogens is 2. The van der Waals surface area contributed by atoms with Crippen molar-refractivity contribution in [1.29, 1.82) is 0 Å². The number of aliphatic hydroxyl groups excluding tert-OH is 1. The molecule has 1 aromatic rings. The van der Waals surface area contributed by atoms with Crippen molar-refractivity contribution in [2.24, 2.45) is 7.05 Å². The van der Waals surface area contributed by atoms with E-state index in [1.54, 1.807) is 0 Å². The van der Waals surface area contributed by atoms with Crippen LogP contribution in [0.3, 0.4) is 0 Å². The van der Waals surface area contributed by atoms with Crippen molar-refractivity contribution in [3.8, 4) is 0 Å². The lowest BCUT2D eigenvalue weighted by Crippen LogP contribution is -2.07. The zero-order valence-electron chi connectivity index (χ0n) is 7.82. The molecule has 4 nitrogen and oxygen atoms in total. The first kappa shape index (κ1) is 8.56. The number of aryl methyl sites for hydroxylation is 1. The number of aliphatic hydroxyl groups is 1. The van der Waals surface area contributed by atoms with Gasteiger partial charge in [-0.2, -0.15) is 5.10 Å². The van der Waals surface area contributed by atoms with Crippen molar-refractivity contribution in [1.82, 2.24) is 9.78 Å². The van der Waals surface area contributed by atoms with Crippen molar-refractivity contribution in [2.75, 3.05) is 18.5 Å². The average Bonchev–Trinajstić information content (AvgIpc) is 2.88. The summed E-state index contributed by atoms with van der Waals surface area (Å²) < 4.78 is 1.93. The molecule has 0 atom stereocenters. The van der Waals surface area contributed by atoms with Crippen molar-refractivity contribution in [3.05, 3.63) is 11.9 Å². The van der Waals surface area contributed by atoms with Crippen LogP contribution in [-0.4, -0.2) is 28.0 Å². The summed E-state index contributed by atoms with van der Waals surface area (Å²) in [4.78, 5) is 0. The van der Waals surface area contributed by atoms with Crippen molar-refractivity contribution < 1.29 is 5.11 Å². The van der Waals surface area contributed by atoms with Gasteiger partial charge < -0.3 is 10.4 Å². The summed E-state index contributed by atoms with van der Waals surface area (Å²) in [5.74, 6) is 0.689. The van der Waals surface area contributed by atoms with Gasteiger partial charge in [0.25, 0.3) is 0 Å². The van der Waals surface area contributed by atoms with Gasteiger partial charge in [0, 0.05) is 19.5 Å². The van der Waals surface area contributed by atoms with Crippen LogP contribution in [0.15, 0.2) is 6.20 Å². The molecule has 1 heterocycles. The Morgan fingerprint density at radius 3 is 3.08 bits per heavy atom. The van der Waals surface area contributed by atoms with E-state index in [4.69, 9.17) is 5.11 Å². The van der Waals surface area contributed by atoms with Crippen molar-refractivity contribution >= 4 is 5.69 Å². The largest absolute Gasteiger partial charge is 0.395 e. The lowest BCUT2D eigenvalue weighted by Gasteiger charge is -2.05. The van der Waals surface area contributed by atoms with Crippen LogP contribution >= 0.6 is 0 Å². The van der Waals surface area contributed by atoms with Gasteiger partial charge in [-0.3, -0.25) is 4.68 Å². The summed E-state index contributed by atoms with van der Waals surface area (Å²) in [5.41, 5.74) is 2.37. The van der Waals surface area contributed by atoms with Gasteiger partial charge in [0.2, 0.25) is 0 Å². The highest BCUT2D eigenvalue weighted by molar-refractivity contribution is 5.49. The summed E-state index contributed by atoms with van der Waals surface area (Å²) >= 11 is 0. The molecule has 0 amide bonds. The minimum Gasteiger partial charge on any atom is -0.395 e. The number of hydrogen-bond acceptors (Lipinski definition) is 3. The van der Waals surface area contributed by atoms with Crippen LogP contribution in [-0.2, 0) is 7.05 Å². The highest BCUT2D eigenvalue weighted by Crippen LogP contribution is 2.42. The molecule has 1 saturated carbocycles. The summed E-state index contributed by atoms with van der Waals surface area (Å²) in [6, 6.07) is 0. The van der Waals surface area contributed by atoms with E-state index >= 15 is 0 Å². The van der Waals surface area contributed by atoms with Gasteiger partial charge in [0.1, 0.15) is 0 Å². The summed E-state index contributed by atoms with van der Waals surface area (Å²) in [5, 5.41) is 16.1. The number of rotatable bonds is 4. The van der Waals surface area contributed by atoms with Crippen LogP contribution in [0.25, 0.3) is 0 Å². The van der Waals surface area contributed by atoms with Crippen LogP contribution in [0.4, 0.5) is 5.69 Å². The molecule has 0 saturated heterocycles. The lowest BCUT2D eigenvalue weighted by molar-refractivity contribution is 0.311. The predicted octanol–water partition coefficient (Wildman–Crippen LogP) is 0.702. The Morgan fingerprint density at radius 1 is 1.69 bits per heavy atom. The molecule has 0 radical (unpaired) electrons. The molecule has 0 bridgehead atoms. The fourth-order valence-corrected chi connectivity index (χ4v) is 1.61. The molecule has 72 valence electrons. The molecule has 0 aromatic carbocycles. The third-order valence-corrected chi connectivity index (χ3v) is 2.38. The topological polar surface area (TPSA) is 50.1 Å². The van der Waals surface area contributed by atoms with E-state index in [2.05, 4.69) is 10.4 Å². The maximum absolute atomic E-state index is 8.69. The van der Waals surface area contributed by atoms with Gasteiger partial charge in [-0.1, -0.05) is 0 Å². The van der Waals surface area contributed by atoms with Gasteiger partial charge >= 0.3 is 0 Å². The first-order valence-electron chi connectivity index (χ1n) is 4.69. The first-order valence-corrected chi connectivity index (χ1v) is 4.69. The molecule has 2 rings (SSSR count). The smallest absolute Gasteiger partial charge is 0.0762 e. The van der Waals surface area contributed by atoms with E-state index in [1.165, 1.54) is 18.5 Å². The third kappa shape index (κ3) is 1.67. The van der Waals surface area contributed by atoms with E-state index in [0.29, 0.717) is 12.5 Å². The van der Waals surface area contributed by atoms with Crippen molar-refractivity contribution in [3.63, 3.8) is 0 Å². The molecule has 1 aliphatic carbocycles. The Kier molecular flexibility index (Phi) is 2.22. The molecule has 0 unspecified atom stereocenters.